The van der Waals surface area contributed by atoms with Gasteiger partial charge in [0.15, 0.2) is 0 Å². The Labute approximate surface area is 98.7 Å². The molecule has 1 heterocycles. The van der Waals surface area contributed by atoms with Crippen molar-refractivity contribution < 1.29 is 0 Å². The van der Waals surface area contributed by atoms with Gasteiger partial charge in [-0.25, -0.2) is 0 Å². The lowest BCUT2D eigenvalue weighted by atomic mass is 9.98. The van der Waals surface area contributed by atoms with Crippen LogP contribution in [-0.4, -0.2) is 17.6 Å². The molecule has 88 valence electrons. The van der Waals surface area contributed by atoms with Gasteiger partial charge in [-0.15, -0.1) is 0 Å². The van der Waals surface area contributed by atoms with Crippen molar-refractivity contribution in [3.05, 3.63) is 29.3 Å². The molecule has 0 amide bonds. The van der Waals surface area contributed by atoms with Crippen molar-refractivity contribution in [2.45, 2.75) is 46.2 Å². The van der Waals surface area contributed by atoms with Gasteiger partial charge in [-0.2, -0.15) is 0 Å². The molecule has 1 aromatic carbocycles. The number of fused-ring (bicyclic) bond motifs is 1. The van der Waals surface area contributed by atoms with Gasteiger partial charge < -0.3 is 5.32 Å². The number of rotatable bonds is 2. The Bertz CT molecular complexity index is 369. The summed E-state index contributed by atoms with van der Waals surface area (Å²) in [7, 11) is 0. The predicted molar refractivity (Wildman–Crippen MR) is 69.7 cm³/mol. The lowest BCUT2D eigenvalue weighted by molar-refractivity contribution is 0.221. The van der Waals surface area contributed by atoms with E-state index in [9.17, 15) is 0 Å². The van der Waals surface area contributed by atoms with Crippen molar-refractivity contribution in [1.29, 1.82) is 0 Å². The fourth-order valence-electron chi connectivity index (χ4n) is 2.10. The molecule has 0 bridgehead atoms. The summed E-state index contributed by atoms with van der Waals surface area (Å²) in [5.41, 5.74) is 4.18. The van der Waals surface area contributed by atoms with Crippen LogP contribution < -0.4 is 5.32 Å². The fraction of sp³-hybridized carbons (Fsp3) is 0.571. The monoisotopic (exact) mass is 218 g/mol. The Balaban J connectivity index is 2.25. The van der Waals surface area contributed by atoms with Crippen LogP contribution in [0.2, 0.25) is 0 Å². The van der Waals surface area contributed by atoms with E-state index in [-0.39, 0.29) is 0 Å². The lowest BCUT2D eigenvalue weighted by Gasteiger charge is -2.33. The zero-order chi connectivity index (χ0) is 11.7. The van der Waals surface area contributed by atoms with Crippen LogP contribution in [0.15, 0.2) is 18.2 Å². The van der Waals surface area contributed by atoms with Crippen LogP contribution in [0.5, 0.6) is 0 Å². The maximum atomic E-state index is 3.49. The van der Waals surface area contributed by atoms with Crippen LogP contribution in [0.1, 0.15) is 44.7 Å². The summed E-state index contributed by atoms with van der Waals surface area (Å²) >= 11 is 0. The number of nitrogens with one attached hydrogen (secondary N) is 1. The molecular formula is C14H22N2. The summed E-state index contributed by atoms with van der Waals surface area (Å²) in [6, 6.07) is 7.41. The molecule has 0 aliphatic carbocycles. The van der Waals surface area contributed by atoms with Crippen molar-refractivity contribution in [3.63, 3.8) is 0 Å². The SMILES string of the molecule is CC(C)c1ccc2c(c1)CN(C(C)C)CN2. The van der Waals surface area contributed by atoms with Crippen LogP contribution in [0.3, 0.4) is 0 Å². The first-order chi connectivity index (χ1) is 7.58. The molecule has 2 nitrogen and oxygen atoms in total. The second-order valence-electron chi connectivity index (χ2n) is 5.25. The minimum Gasteiger partial charge on any atom is -0.372 e. The summed E-state index contributed by atoms with van der Waals surface area (Å²) in [4.78, 5) is 2.45. The lowest BCUT2D eigenvalue weighted by Crippen LogP contribution is -2.38. The van der Waals surface area contributed by atoms with Crippen molar-refractivity contribution >= 4 is 5.69 Å². The minimum atomic E-state index is 0.600. The van der Waals surface area contributed by atoms with E-state index in [2.05, 4.69) is 56.1 Å². The summed E-state index contributed by atoms with van der Waals surface area (Å²) in [6.45, 7) is 11.0. The topological polar surface area (TPSA) is 15.3 Å². The van der Waals surface area contributed by atoms with Gasteiger partial charge in [0, 0.05) is 18.3 Å². The highest BCUT2D eigenvalue weighted by Crippen LogP contribution is 2.27. The summed E-state index contributed by atoms with van der Waals surface area (Å²) < 4.78 is 0. The second-order valence-corrected chi connectivity index (χ2v) is 5.25. The summed E-state index contributed by atoms with van der Waals surface area (Å²) in [5, 5.41) is 3.49. The van der Waals surface area contributed by atoms with Gasteiger partial charge in [-0.3, -0.25) is 4.90 Å². The Morgan fingerprint density at radius 1 is 1.19 bits per heavy atom. The highest BCUT2D eigenvalue weighted by molar-refractivity contribution is 5.54. The summed E-state index contributed by atoms with van der Waals surface area (Å²) in [5.74, 6) is 0.611. The normalized spacial score (nSPS) is 16.4. The van der Waals surface area contributed by atoms with Crippen molar-refractivity contribution in [2.24, 2.45) is 0 Å². The van der Waals surface area contributed by atoms with Gasteiger partial charge >= 0.3 is 0 Å². The Morgan fingerprint density at radius 2 is 1.94 bits per heavy atom. The van der Waals surface area contributed by atoms with Crippen molar-refractivity contribution in [3.8, 4) is 0 Å². The molecule has 0 saturated heterocycles. The van der Waals surface area contributed by atoms with Crippen LogP contribution in [0, 0.1) is 0 Å². The first-order valence-electron chi connectivity index (χ1n) is 6.18. The van der Waals surface area contributed by atoms with E-state index in [4.69, 9.17) is 0 Å². The minimum absolute atomic E-state index is 0.600. The number of anilines is 1. The third-order valence-corrected chi connectivity index (χ3v) is 3.37. The summed E-state index contributed by atoms with van der Waals surface area (Å²) in [6.07, 6.45) is 0. The molecule has 16 heavy (non-hydrogen) atoms. The Hall–Kier alpha value is -1.02. The molecule has 2 rings (SSSR count). The van der Waals surface area contributed by atoms with Crippen LogP contribution >= 0.6 is 0 Å². The average Bonchev–Trinajstić information content (AvgIpc) is 2.27. The third kappa shape index (κ3) is 2.22. The zero-order valence-electron chi connectivity index (χ0n) is 10.7. The quantitative estimate of drug-likeness (QED) is 0.818. The number of hydrogen-bond donors (Lipinski definition) is 1. The maximum Gasteiger partial charge on any atom is 0.0683 e. The van der Waals surface area contributed by atoms with Gasteiger partial charge in [0.05, 0.1) is 6.67 Å². The van der Waals surface area contributed by atoms with Gasteiger partial charge in [-0.05, 0) is 37.0 Å². The molecule has 1 aliphatic heterocycles. The molecular weight excluding hydrogens is 196 g/mol. The zero-order valence-corrected chi connectivity index (χ0v) is 10.7. The van der Waals surface area contributed by atoms with Crippen LogP contribution in [0.4, 0.5) is 5.69 Å². The molecule has 0 spiro atoms. The molecule has 0 saturated carbocycles. The second kappa shape index (κ2) is 4.46. The van der Waals surface area contributed by atoms with Crippen LogP contribution in [-0.2, 0) is 6.54 Å². The molecule has 0 fully saturated rings. The first-order valence-corrected chi connectivity index (χ1v) is 6.18. The van der Waals surface area contributed by atoms with Crippen LogP contribution in [0.25, 0.3) is 0 Å². The Kier molecular flexibility index (Phi) is 3.20. The first kappa shape index (κ1) is 11.5. The molecule has 1 N–H and O–H groups in total. The van der Waals surface area contributed by atoms with E-state index >= 15 is 0 Å². The van der Waals surface area contributed by atoms with Crippen molar-refractivity contribution in [2.75, 3.05) is 12.0 Å². The number of benzene rings is 1. The fourth-order valence-corrected chi connectivity index (χ4v) is 2.10. The highest BCUT2D eigenvalue weighted by Gasteiger charge is 2.18. The third-order valence-electron chi connectivity index (χ3n) is 3.37. The molecule has 1 aliphatic rings. The van der Waals surface area contributed by atoms with E-state index in [0.717, 1.165) is 13.2 Å². The molecule has 0 atom stereocenters. The maximum absolute atomic E-state index is 3.49. The standard InChI is InChI=1S/C14H22N2/c1-10(2)12-5-6-14-13(7-12)8-16(9-15-14)11(3)4/h5-7,10-11,15H,8-9H2,1-4H3. The number of hydrogen-bond acceptors (Lipinski definition) is 2. The van der Waals surface area contributed by atoms with Gasteiger partial charge in [0.1, 0.15) is 0 Å². The smallest absolute Gasteiger partial charge is 0.0683 e. The van der Waals surface area contributed by atoms with Gasteiger partial charge in [0.2, 0.25) is 0 Å². The van der Waals surface area contributed by atoms with Crippen molar-refractivity contribution in [1.82, 2.24) is 4.90 Å². The van der Waals surface area contributed by atoms with E-state index < -0.39 is 0 Å². The largest absolute Gasteiger partial charge is 0.372 e. The average molecular weight is 218 g/mol. The van der Waals surface area contributed by atoms with Gasteiger partial charge in [-0.1, -0.05) is 26.0 Å². The van der Waals surface area contributed by atoms with Gasteiger partial charge in [0.25, 0.3) is 0 Å². The molecule has 0 radical (unpaired) electrons. The van der Waals surface area contributed by atoms with E-state index in [1.807, 2.05) is 0 Å². The molecule has 0 aromatic heterocycles. The molecule has 0 unspecified atom stereocenters. The van der Waals surface area contributed by atoms with E-state index in [1.54, 1.807) is 0 Å². The number of nitrogens with zero attached hydrogens (tertiary/aromatic N) is 1. The van der Waals surface area contributed by atoms with E-state index in [1.165, 1.54) is 16.8 Å². The highest BCUT2D eigenvalue weighted by atomic mass is 15.3. The molecule has 2 heteroatoms. The predicted octanol–water partition coefficient (Wildman–Crippen LogP) is 3.40. The Morgan fingerprint density at radius 3 is 2.56 bits per heavy atom. The van der Waals surface area contributed by atoms with E-state index in [0.29, 0.717) is 12.0 Å². The molecule has 1 aromatic rings.